The Bertz CT molecular complexity index is 219. The van der Waals surface area contributed by atoms with Gasteiger partial charge < -0.3 is 10.1 Å². The normalized spacial score (nSPS) is 21.0. The Kier molecular flexibility index (Phi) is 7.20. The smallest absolute Gasteiger partial charge is 0.0589 e. The predicted molar refractivity (Wildman–Crippen MR) is 78.0 cm³/mol. The van der Waals surface area contributed by atoms with E-state index < -0.39 is 0 Å². The number of rotatable bonds is 10. The Labute approximate surface area is 113 Å². The standard InChI is InChI=1S/C15H32N2O/c1-6-16-12(2)11-13(3)17(9-10-18-5)14(4)15-7-8-15/h12-16H,6-11H2,1-5H3. The molecule has 3 unspecified atom stereocenters. The summed E-state index contributed by atoms with van der Waals surface area (Å²) in [5, 5.41) is 3.51. The number of nitrogens with one attached hydrogen (secondary N) is 1. The van der Waals surface area contributed by atoms with Crippen molar-refractivity contribution < 1.29 is 4.74 Å². The average Bonchev–Trinajstić information content (AvgIpc) is 3.13. The van der Waals surface area contributed by atoms with Gasteiger partial charge in [-0.1, -0.05) is 6.92 Å². The van der Waals surface area contributed by atoms with E-state index in [-0.39, 0.29) is 0 Å². The van der Waals surface area contributed by atoms with Crippen molar-refractivity contribution in [1.82, 2.24) is 10.2 Å². The van der Waals surface area contributed by atoms with Crippen molar-refractivity contribution >= 4 is 0 Å². The molecule has 0 heterocycles. The van der Waals surface area contributed by atoms with Crippen LogP contribution in [0.4, 0.5) is 0 Å². The summed E-state index contributed by atoms with van der Waals surface area (Å²) < 4.78 is 5.27. The quantitative estimate of drug-likeness (QED) is 0.650. The summed E-state index contributed by atoms with van der Waals surface area (Å²) in [6.07, 6.45) is 4.05. The van der Waals surface area contributed by atoms with Crippen LogP contribution in [-0.4, -0.2) is 49.8 Å². The van der Waals surface area contributed by atoms with Gasteiger partial charge >= 0.3 is 0 Å². The molecule has 0 amide bonds. The van der Waals surface area contributed by atoms with Crippen molar-refractivity contribution in [2.24, 2.45) is 5.92 Å². The van der Waals surface area contributed by atoms with E-state index in [1.807, 2.05) is 0 Å². The topological polar surface area (TPSA) is 24.5 Å². The molecule has 0 radical (unpaired) electrons. The van der Waals surface area contributed by atoms with Crippen molar-refractivity contribution in [3.05, 3.63) is 0 Å². The van der Waals surface area contributed by atoms with Crippen molar-refractivity contribution in [1.29, 1.82) is 0 Å². The third-order valence-electron chi connectivity index (χ3n) is 4.19. The van der Waals surface area contributed by atoms with E-state index in [4.69, 9.17) is 4.74 Å². The third-order valence-corrected chi connectivity index (χ3v) is 4.19. The number of hydrogen-bond acceptors (Lipinski definition) is 3. The second-order valence-electron chi connectivity index (χ2n) is 5.85. The van der Waals surface area contributed by atoms with E-state index in [1.165, 1.54) is 19.3 Å². The summed E-state index contributed by atoms with van der Waals surface area (Å²) in [4.78, 5) is 2.65. The molecule has 3 nitrogen and oxygen atoms in total. The van der Waals surface area contributed by atoms with E-state index in [0.29, 0.717) is 18.1 Å². The molecule has 1 N–H and O–H groups in total. The molecule has 1 aliphatic carbocycles. The highest BCUT2D eigenvalue weighted by atomic mass is 16.5. The molecule has 1 saturated carbocycles. The number of nitrogens with zero attached hydrogens (tertiary/aromatic N) is 1. The molecule has 1 aliphatic rings. The minimum Gasteiger partial charge on any atom is -0.383 e. The van der Waals surface area contributed by atoms with Crippen LogP contribution in [0.5, 0.6) is 0 Å². The van der Waals surface area contributed by atoms with E-state index in [1.54, 1.807) is 7.11 Å². The SMILES string of the molecule is CCNC(C)CC(C)N(CCOC)C(C)C1CC1. The fourth-order valence-electron chi connectivity index (χ4n) is 2.95. The highest BCUT2D eigenvalue weighted by Crippen LogP contribution is 2.36. The van der Waals surface area contributed by atoms with Gasteiger partial charge in [-0.3, -0.25) is 4.90 Å². The molecule has 0 aromatic carbocycles. The molecule has 0 saturated heterocycles. The van der Waals surface area contributed by atoms with Crippen molar-refractivity contribution in [3.63, 3.8) is 0 Å². The van der Waals surface area contributed by atoms with E-state index in [0.717, 1.165) is 25.6 Å². The minimum atomic E-state index is 0.599. The van der Waals surface area contributed by atoms with Crippen LogP contribution < -0.4 is 5.32 Å². The molecule has 108 valence electrons. The van der Waals surface area contributed by atoms with Gasteiger partial charge in [-0.15, -0.1) is 0 Å². The Hall–Kier alpha value is -0.120. The molecule has 1 rings (SSSR count). The molecule has 3 heteroatoms. The zero-order chi connectivity index (χ0) is 13.5. The van der Waals surface area contributed by atoms with Gasteiger partial charge in [0, 0.05) is 31.8 Å². The predicted octanol–water partition coefficient (Wildman–Crippen LogP) is 2.51. The molecule has 0 aromatic heterocycles. The van der Waals surface area contributed by atoms with Gasteiger partial charge in [0.15, 0.2) is 0 Å². The first-order chi connectivity index (χ1) is 8.60. The van der Waals surface area contributed by atoms with Gasteiger partial charge in [-0.05, 0) is 52.5 Å². The van der Waals surface area contributed by atoms with E-state index in [2.05, 4.69) is 37.9 Å². The van der Waals surface area contributed by atoms with Gasteiger partial charge in [0.2, 0.25) is 0 Å². The number of methoxy groups -OCH3 is 1. The van der Waals surface area contributed by atoms with E-state index >= 15 is 0 Å². The van der Waals surface area contributed by atoms with Crippen LogP contribution in [0.15, 0.2) is 0 Å². The highest BCUT2D eigenvalue weighted by molar-refractivity contribution is 4.88. The minimum absolute atomic E-state index is 0.599. The first-order valence-electron chi connectivity index (χ1n) is 7.58. The maximum atomic E-state index is 5.27. The Morgan fingerprint density at radius 3 is 2.44 bits per heavy atom. The summed E-state index contributed by atoms with van der Waals surface area (Å²) in [6.45, 7) is 12.2. The summed E-state index contributed by atoms with van der Waals surface area (Å²) in [5.41, 5.74) is 0. The number of ether oxygens (including phenoxy) is 1. The third kappa shape index (κ3) is 5.25. The first-order valence-corrected chi connectivity index (χ1v) is 7.58. The maximum absolute atomic E-state index is 5.27. The summed E-state index contributed by atoms with van der Waals surface area (Å²) in [6, 6.07) is 1.94. The lowest BCUT2D eigenvalue weighted by molar-refractivity contribution is 0.0805. The average molecular weight is 256 g/mol. The fourth-order valence-corrected chi connectivity index (χ4v) is 2.95. The first kappa shape index (κ1) is 15.9. The second-order valence-corrected chi connectivity index (χ2v) is 5.85. The summed E-state index contributed by atoms with van der Waals surface area (Å²) >= 11 is 0. The van der Waals surface area contributed by atoms with Crippen LogP contribution >= 0.6 is 0 Å². The van der Waals surface area contributed by atoms with E-state index in [9.17, 15) is 0 Å². The molecule has 0 aliphatic heterocycles. The molecule has 0 bridgehead atoms. The second kappa shape index (κ2) is 8.13. The molecular weight excluding hydrogens is 224 g/mol. The lowest BCUT2D eigenvalue weighted by Gasteiger charge is -2.36. The van der Waals surface area contributed by atoms with Crippen molar-refractivity contribution in [2.75, 3.05) is 26.8 Å². The highest BCUT2D eigenvalue weighted by Gasteiger charge is 2.33. The van der Waals surface area contributed by atoms with Crippen LogP contribution in [0.1, 0.15) is 47.0 Å². The van der Waals surface area contributed by atoms with Gasteiger partial charge in [-0.2, -0.15) is 0 Å². The van der Waals surface area contributed by atoms with Crippen molar-refractivity contribution in [2.45, 2.75) is 65.1 Å². The van der Waals surface area contributed by atoms with Crippen molar-refractivity contribution in [3.8, 4) is 0 Å². The summed E-state index contributed by atoms with van der Waals surface area (Å²) in [5.74, 6) is 0.929. The molecule has 3 atom stereocenters. The molecule has 1 fully saturated rings. The maximum Gasteiger partial charge on any atom is 0.0589 e. The zero-order valence-electron chi connectivity index (χ0n) is 12.9. The molecule has 18 heavy (non-hydrogen) atoms. The van der Waals surface area contributed by atoms with Crippen LogP contribution in [0.2, 0.25) is 0 Å². The van der Waals surface area contributed by atoms with Crippen LogP contribution in [0, 0.1) is 5.92 Å². The number of hydrogen-bond donors (Lipinski definition) is 1. The Morgan fingerprint density at radius 2 is 1.94 bits per heavy atom. The van der Waals surface area contributed by atoms with Gasteiger partial charge in [0.25, 0.3) is 0 Å². The molecule has 0 spiro atoms. The van der Waals surface area contributed by atoms with Gasteiger partial charge in [0.05, 0.1) is 6.61 Å². The Balaban J connectivity index is 2.45. The monoisotopic (exact) mass is 256 g/mol. The lowest BCUT2D eigenvalue weighted by Crippen LogP contribution is -2.46. The fraction of sp³-hybridized carbons (Fsp3) is 1.00. The molecule has 0 aromatic rings. The van der Waals surface area contributed by atoms with Gasteiger partial charge in [0.1, 0.15) is 0 Å². The van der Waals surface area contributed by atoms with Crippen LogP contribution in [0.3, 0.4) is 0 Å². The zero-order valence-corrected chi connectivity index (χ0v) is 12.9. The lowest BCUT2D eigenvalue weighted by atomic mass is 10.0. The van der Waals surface area contributed by atoms with Crippen LogP contribution in [-0.2, 0) is 4.74 Å². The van der Waals surface area contributed by atoms with Gasteiger partial charge in [-0.25, -0.2) is 0 Å². The molecular formula is C15H32N2O. The van der Waals surface area contributed by atoms with Crippen LogP contribution in [0.25, 0.3) is 0 Å². The Morgan fingerprint density at radius 1 is 1.28 bits per heavy atom. The largest absolute Gasteiger partial charge is 0.383 e. The summed E-state index contributed by atoms with van der Waals surface area (Å²) in [7, 11) is 1.80.